The van der Waals surface area contributed by atoms with Crippen molar-refractivity contribution in [3.05, 3.63) is 24.3 Å². The molecule has 0 saturated carbocycles. The summed E-state index contributed by atoms with van der Waals surface area (Å²) in [6.07, 6.45) is 47.9. The third-order valence-corrected chi connectivity index (χ3v) is 9.96. The summed E-state index contributed by atoms with van der Waals surface area (Å²) in [6, 6.07) is 0. The van der Waals surface area contributed by atoms with Gasteiger partial charge < -0.3 is 28.3 Å². The SMILES string of the molecule is CCCCCCCC/C=C\CCCCCCCC[N+](C)(C)CCO.CCCCCCCC/C=C\CCCCCCCC[N+](C)(C)CCO.O=S(=O)([O-])[O-]. The Morgan fingerprint density at radius 1 is 0.396 bits per heavy atom. The van der Waals surface area contributed by atoms with Crippen molar-refractivity contribution in [1.29, 1.82) is 0 Å². The highest BCUT2D eigenvalue weighted by Crippen LogP contribution is 2.13. The van der Waals surface area contributed by atoms with Gasteiger partial charge in [0.05, 0.1) is 54.5 Å². The number of hydrogen-bond donors (Lipinski definition) is 2. The lowest BCUT2D eigenvalue weighted by molar-refractivity contribution is -0.890. The predicted octanol–water partition coefficient (Wildman–Crippen LogP) is 10.8. The third kappa shape index (κ3) is 60.7. The Balaban J connectivity index is -0.000000835. The number of allylic oxidation sites excluding steroid dienone is 4. The number of hydrogen-bond acceptors (Lipinski definition) is 6. The molecule has 8 nitrogen and oxygen atoms in total. The van der Waals surface area contributed by atoms with Crippen molar-refractivity contribution in [1.82, 2.24) is 0 Å². The first-order chi connectivity index (χ1) is 25.2. The molecular weight excluding hydrogens is 685 g/mol. The Labute approximate surface area is 331 Å². The summed E-state index contributed by atoms with van der Waals surface area (Å²) in [4.78, 5) is 0. The molecule has 0 fully saturated rings. The van der Waals surface area contributed by atoms with Gasteiger partial charge in [0, 0.05) is 10.4 Å². The van der Waals surface area contributed by atoms with E-state index >= 15 is 0 Å². The van der Waals surface area contributed by atoms with Gasteiger partial charge in [-0.3, -0.25) is 8.42 Å². The smallest absolute Gasteiger partial charge is 0.102 e. The maximum absolute atomic E-state index is 9.02. The largest absolute Gasteiger partial charge is 0.759 e. The average Bonchev–Trinajstić information content (AvgIpc) is 3.07. The summed E-state index contributed by atoms with van der Waals surface area (Å²) in [5.74, 6) is 0. The fourth-order valence-corrected chi connectivity index (χ4v) is 6.34. The molecule has 0 aliphatic rings. The van der Waals surface area contributed by atoms with Crippen LogP contribution in [-0.4, -0.2) is 104 Å². The van der Waals surface area contributed by atoms with Crippen LogP contribution in [0, 0.1) is 0 Å². The van der Waals surface area contributed by atoms with Crippen LogP contribution < -0.4 is 0 Å². The van der Waals surface area contributed by atoms with Gasteiger partial charge in [0.2, 0.25) is 0 Å². The molecule has 0 rings (SSSR count). The van der Waals surface area contributed by atoms with Gasteiger partial charge in [-0.15, -0.1) is 0 Å². The molecule has 0 aromatic heterocycles. The van der Waals surface area contributed by atoms with Gasteiger partial charge in [-0.2, -0.15) is 0 Å². The van der Waals surface area contributed by atoms with Crippen molar-refractivity contribution in [2.45, 2.75) is 194 Å². The first-order valence-electron chi connectivity index (χ1n) is 22.1. The zero-order chi connectivity index (χ0) is 40.4. The summed E-state index contributed by atoms with van der Waals surface area (Å²) >= 11 is 0. The number of unbranched alkanes of at least 4 members (excludes halogenated alkanes) is 24. The summed E-state index contributed by atoms with van der Waals surface area (Å²) in [5.41, 5.74) is 0. The van der Waals surface area contributed by atoms with E-state index in [0.717, 1.165) is 22.1 Å². The number of aliphatic hydroxyl groups is 2. The van der Waals surface area contributed by atoms with E-state index in [1.165, 1.54) is 193 Å². The summed E-state index contributed by atoms with van der Waals surface area (Å²) < 4.78 is 36.0. The monoisotopic (exact) mass is 777 g/mol. The first-order valence-corrected chi connectivity index (χ1v) is 23.4. The van der Waals surface area contributed by atoms with Crippen molar-refractivity contribution < 1.29 is 36.7 Å². The van der Waals surface area contributed by atoms with Crippen LogP contribution in [0.15, 0.2) is 24.3 Å². The van der Waals surface area contributed by atoms with Crippen LogP contribution in [0.1, 0.15) is 194 Å². The minimum Gasteiger partial charge on any atom is -0.759 e. The summed E-state index contributed by atoms with van der Waals surface area (Å²) in [6.45, 7) is 9.32. The highest BCUT2D eigenvalue weighted by Gasteiger charge is 2.13. The van der Waals surface area contributed by atoms with E-state index in [1.807, 2.05) is 0 Å². The molecule has 9 heteroatoms. The van der Waals surface area contributed by atoms with Crippen LogP contribution in [0.2, 0.25) is 0 Å². The van der Waals surface area contributed by atoms with Gasteiger partial charge in [0.1, 0.15) is 13.1 Å². The van der Waals surface area contributed by atoms with Crippen molar-refractivity contribution >= 4 is 10.4 Å². The highest BCUT2D eigenvalue weighted by atomic mass is 32.3. The zero-order valence-corrected chi connectivity index (χ0v) is 37.0. The van der Waals surface area contributed by atoms with E-state index < -0.39 is 10.4 Å². The lowest BCUT2D eigenvalue weighted by Gasteiger charge is -2.28. The summed E-state index contributed by atoms with van der Waals surface area (Å²) in [5, 5.41) is 18.0. The second-order valence-corrected chi connectivity index (χ2v) is 17.3. The van der Waals surface area contributed by atoms with Gasteiger partial charge in [-0.25, -0.2) is 0 Å². The lowest BCUT2D eigenvalue weighted by atomic mass is 10.1. The van der Waals surface area contributed by atoms with Gasteiger partial charge in [0.25, 0.3) is 0 Å². The van der Waals surface area contributed by atoms with Crippen molar-refractivity contribution in [3.63, 3.8) is 0 Å². The van der Waals surface area contributed by atoms with Crippen LogP contribution in [-0.2, 0) is 10.4 Å². The molecule has 320 valence electrons. The molecule has 2 N–H and O–H groups in total. The molecule has 0 unspecified atom stereocenters. The fraction of sp³-hybridized carbons (Fsp3) is 0.909. The molecule has 0 saturated heterocycles. The molecule has 0 aliphatic heterocycles. The normalized spacial score (nSPS) is 12.3. The number of nitrogens with zero attached hydrogens (tertiary/aromatic N) is 2. The fourth-order valence-electron chi connectivity index (χ4n) is 6.34. The first kappa shape index (κ1) is 56.5. The van der Waals surface area contributed by atoms with Crippen molar-refractivity contribution in [2.75, 3.05) is 67.6 Å². The molecule has 0 radical (unpaired) electrons. The Kier molecular flexibility index (Phi) is 45.1. The predicted molar refractivity (Wildman–Crippen MR) is 227 cm³/mol. The van der Waals surface area contributed by atoms with E-state index in [4.69, 9.17) is 27.7 Å². The Morgan fingerprint density at radius 3 is 0.830 bits per heavy atom. The lowest BCUT2D eigenvalue weighted by Crippen LogP contribution is -2.42. The molecule has 53 heavy (non-hydrogen) atoms. The molecule has 0 aromatic rings. The third-order valence-electron chi connectivity index (χ3n) is 9.96. The van der Waals surface area contributed by atoms with Crippen LogP contribution in [0.5, 0.6) is 0 Å². The van der Waals surface area contributed by atoms with Crippen LogP contribution in [0.25, 0.3) is 0 Å². The highest BCUT2D eigenvalue weighted by molar-refractivity contribution is 7.79. The van der Waals surface area contributed by atoms with Gasteiger partial charge in [0.15, 0.2) is 0 Å². The second kappa shape index (κ2) is 42.3. The number of likely N-dealkylation sites (N-methyl/N-ethyl adjacent to an activating group) is 2. The van der Waals surface area contributed by atoms with Crippen LogP contribution in [0.3, 0.4) is 0 Å². The number of aliphatic hydroxyl groups excluding tert-OH is 2. The van der Waals surface area contributed by atoms with Crippen molar-refractivity contribution in [3.8, 4) is 0 Å². The molecule has 0 aliphatic carbocycles. The van der Waals surface area contributed by atoms with Gasteiger partial charge in [-0.1, -0.05) is 141 Å². The van der Waals surface area contributed by atoms with E-state index in [2.05, 4.69) is 66.3 Å². The van der Waals surface area contributed by atoms with E-state index in [-0.39, 0.29) is 0 Å². The average molecular weight is 777 g/mol. The topological polar surface area (TPSA) is 121 Å². The second-order valence-electron chi connectivity index (χ2n) is 16.5. The number of rotatable bonds is 36. The molecule has 0 spiro atoms. The molecule has 0 atom stereocenters. The Bertz CT molecular complexity index is 813. The summed E-state index contributed by atoms with van der Waals surface area (Å²) in [7, 11) is 3.70. The van der Waals surface area contributed by atoms with Crippen molar-refractivity contribution in [2.24, 2.45) is 0 Å². The molecule has 0 amide bonds. The maximum atomic E-state index is 9.02. The number of quaternary nitrogens is 2. The minimum atomic E-state index is -5.17. The minimum absolute atomic E-state index is 0.305. The maximum Gasteiger partial charge on any atom is 0.102 e. The van der Waals surface area contributed by atoms with E-state index in [9.17, 15) is 0 Å². The Morgan fingerprint density at radius 2 is 0.604 bits per heavy atom. The molecule has 0 bridgehead atoms. The van der Waals surface area contributed by atoms with Crippen LogP contribution >= 0.6 is 0 Å². The van der Waals surface area contributed by atoms with E-state index in [1.54, 1.807) is 0 Å². The van der Waals surface area contributed by atoms with E-state index in [0.29, 0.717) is 13.2 Å². The zero-order valence-electron chi connectivity index (χ0n) is 36.2. The standard InChI is InChI=1S/2C22H46NO.H2O4S/c2*1-4-5-6-7-8-9-10-11-12-13-14-15-16-17-18-19-20-23(2,3)21-22-24;1-5(2,3)4/h2*11-12,24H,4-10,13-22H2,1-3H3;(H2,1,2,3,4)/q2*+1;/p-2/b2*12-11-;. The molecule has 0 aromatic carbocycles. The van der Waals surface area contributed by atoms with Gasteiger partial charge in [-0.05, 0) is 77.0 Å². The molecular formula is C44H92N2O6S. The molecule has 0 heterocycles. The van der Waals surface area contributed by atoms with Crippen LogP contribution in [0.4, 0.5) is 0 Å². The Hall–Kier alpha value is -0.810. The van der Waals surface area contributed by atoms with Gasteiger partial charge >= 0.3 is 0 Å². The quantitative estimate of drug-likeness (QED) is 0.0215.